The molecule has 8 nitrogen and oxygen atoms in total. The van der Waals surface area contributed by atoms with Crippen LogP contribution in [-0.4, -0.2) is 52.2 Å². The first-order valence-electron chi connectivity index (χ1n) is 8.04. The van der Waals surface area contributed by atoms with Crippen LogP contribution in [0.15, 0.2) is 22.5 Å². The summed E-state index contributed by atoms with van der Waals surface area (Å²) in [5, 5.41) is 12.5. The zero-order chi connectivity index (χ0) is 20.1. The number of amides is 3. The maximum absolute atomic E-state index is 12.1. The highest BCUT2D eigenvalue weighted by Gasteiger charge is 2.27. The predicted molar refractivity (Wildman–Crippen MR) is 107 cm³/mol. The Labute approximate surface area is 165 Å². The number of thioether (sulfide) groups is 1. The number of nitrogens with one attached hydrogen (secondary N) is 2. The fourth-order valence-corrected chi connectivity index (χ4v) is 3.99. The second-order valence-corrected chi connectivity index (χ2v) is 8.42. The van der Waals surface area contributed by atoms with Crippen LogP contribution in [0, 0.1) is 13.8 Å². The van der Waals surface area contributed by atoms with Crippen LogP contribution in [0.4, 0.5) is 15.6 Å². The number of anilines is 2. The Balaban J connectivity index is 2.00. The zero-order valence-corrected chi connectivity index (χ0v) is 17.3. The molecular formula is C17H21N5O3S2. The van der Waals surface area contributed by atoms with Gasteiger partial charge in [0.1, 0.15) is 5.25 Å². The topological polar surface area (TPSA) is 104 Å². The predicted octanol–water partition coefficient (Wildman–Crippen LogP) is 2.94. The van der Waals surface area contributed by atoms with Crippen molar-refractivity contribution in [1.82, 2.24) is 15.1 Å². The Morgan fingerprint density at radius 2 is 1.81 bits per heavy atom. The van der Waals surface area contributed by atoms with Crippen molar-refractivity contribution < 1.29 is 14.4 Å². The molecule has 0 bridgehead atoms. The number of nitrogens with zero attached hydrogens (tertiary/aromatic N) is 3. The summed E-state index contributed by atoms with van der Waals surface area (Å²) in [5.41, 5.74) is 2.88. The summed E-state index contributed by atoms with van der Waals surface area (Å²) in [7, 11) is 3.17. The van der Waals surface area contributed by atoms with E-state index in [1.54, 1.807) is 14.1 Å². The number of urea groups is 1. The summed E-state index contributed by atoms with van der Waals surface area (Å²) in [6.45, 7) is 5.32. The molecule has 0 radical (unpaired) electrons. The average molecular weight is 408 g/mol. The van der Waals surface area contributed by atoms with Crippen LogP contribution in [0.25, 0.3) is 0 Å². The number of hydrogen-bond donors (Lipinski definition) is 2. The number of Topliss-reactive ketones (excluding diaryl/α,β-unsaturated/α-hetero) is 1. The minimum Gasteiger partial charge on any atom is -0.347 e. The first-order valence-corrected chi connectivity index (χ1v) is 9.74. The summed E-state index contributed by atoms with van der Waals surface area (Å²) in [5.74, 6) is -0.583. The van der Waals surface area contributed by atoms with E-state index in [2.05, 4.69) is 20.8 Å². The fourth-order valence-electron chi connectivity index (χ4n) is 2.03. The molecule has 1 atom stereocenters. The number of aryl methyl sites for hydroxylation is 2. The van der Waals surface area contributed by atoms with Gasteiger partial charge in [-0.1, -0.05) is 29.2 Å². The van der Waals surface area contributed by atoms with Gasteiger partial charge < -0.3 is 10.2 Å². The van der Waals surface area contributed by atoms with Crippen LogP contribution >= 0.6 is 23.1 Å². The van der Waals surface area contributed by atoms with Gasteiger partial charge in [0.05, 0.1) is 0 Å². The Bertz CT molecular complexity index is 866. The second-order valence-electron chi connectivity index (χ2n) is 6.09. The largest absolute Gasteiger partial charge is 0.347 e. The van der Waals surface area contributed by atoms with Crippen LogP contribution in [0.1, 0.15) is 18.1 Å². The van der Waals surface area contributed by atoms with Crippen LogP contribution in [0.3, 0.4) is 0 Å². The van der Waals surface area contributed by atoms with Gasteiger partial charge in [0.25, 0.3) is 0 Å². The molecule has 0 saturated heterocycles. The Hall–Kier alpha value is -2.46. The third-order valence-electron chi connectivity index (χ3n) is 3.64. The highest BCUT2D eigenvalue weighted by atomic mass is 32.2. The van der Waals surface area contributed by atoms with Crippen molar-refractivity contribution in [3.05, 3.63) is 29.3 Å². The highest BCUT2D eigenvalue weighted by molar-refractivity contribution is 8.03. The molecule has 2 N–H and O–H groups in total. The number of carbonyl (C=O) groups excluding carboxylic acids is 3. The van der Waals surface area contributed by atoms with Crippen molar-refractivity contribution in [2.24, 2.45) is 0 Å². The SMILES string of the molecule is CC(=O)[C@H](Sc1nnc(NC(=O)Nc2ccc(C)c(C)c2)s1)C(=O)N(C)C. The van der Waals surface area contributed by atoms with Crippen molar-refractivity contribution in [3.63, 3.8) is 0 Å². The minimum atomic E-state index is -0.884. The lowest BCUT2D eigenvalue weighted by Crippen LogP contribution is -2.35. The maximum Gasteiger partial charge on any atom is 0.325 e. The number of ketones is 1. The van der Waals surface area contributed by atoms with Gasteiger partial charge in [-0.15, -0.1) is 10.2 Å². The molecule has 27 heavy (non-hydrogen) atoms. The van der Waals surface area contributed by atoms with Gasteiger partial charge in [0, 0.05) is 19.8 Å². The van der Waals surface area contributed by atoms with Crippen molar-refractivity contribution in [2.45, 2.75) is 30.4 Å². The maximum atomic E-state index is 12.1. The first kappa shape index (κ1) is 20.8. The quantitative estimate of drug-likeness (QED) is 0.433. The molecule has 2 aromatic rings. The summed E-state index contributed by atoms with van der Waals surface area (Å²) >= 11 is 2.12. The van der Waals surface area contributed by atoms with E-state index in [9.17, 15) is 14.4 Å². The molecule has 0 aliphatic rings. The van der Waals surface area contributed by atoms with Crippen molar-refractivity contribution >= 4 is 51.6 Å². The third-order valence-corrected chi connectivity index (χ3v) is 5.87. The summed E-state index contributed by atoms with van der Waals surface area (Å²) in [4.78, 5) is 37.3. The van der Waals surface area contributed by atoms with Gasteiger partial charge in [-0.2, -0.15) is 0 Å². The standard InChI is InChI=1S/C17H21N5O3S2/c1-9-6-7-12(8-10(9)2)18-15(25)19-16-20-21-17(27-16)26-13(11(3)23)14(24)22(4)5/h6-8,13H,1-5H3,(H2,18,19,20,25)/t13-/m0/s1. The number of rotatable bonds is 6. The third kappa shape index (κ3) is 5.76. The normalized spacial score (nSPS) is 11.6. The zero-order valence-electron chi connectivity index (χ0n) is 15.7. The first-order chi connectivity index (χ1) is 12.7. The van der Waals surface area contributed by atoms with E-state index < -0.39 is 11.3 Å². The van der Waals surface area contributed by atoms with Crippen molar-refractivity contribution in [1.29, 1.82) is 0 Å². The lowest BCUT2D eigenvalue weighted by Gasteiger charge is -2.16. The average Bonchev–Trinajstić information content (AvgIpc) is 3.02. The molecule has 1 heterocycles. The van der Waals surface area contributed by atoms with E-state index in [0.29, 0.717) is 10.0 Å². The molecule has 0 aliphatic heterocycles. The van der Waals surface area contributed by atoms with Gasteiger partial charge in [-0.05, 0) is 44.0 Å². The number of carbonyl (C=O) groups is 3. The molecule has 1 aromatic carbocycles. The Morgan fingerprint density at radius 1 is 1.11 bits per heavy atom. The van der Waals surface area contributed by atoms with Crippen LogP contribution in [0.5, 0.6) is 0 Å². The van der Waals surface area contributed by atoms with Crippen molar-refractivity contribution in [3.8, 4) is 0 Å². The lowest BCUT2D eigenvalue weighted by atomic mass is 10.1. The summed E-state index contributed by atoms with van der Waals surface area (Å²) < 4.78 is 0.423. The van der Waals surface area contributed by atoms with Crippen LogP contribution < -0.4 is 10.6 Å². The molecule has 144 valence electrons. The minimum absolute atomic E-state index is 0.268. The molecule has 0 saturated carbocycles. The van der Waals surface area contributed by atoms with E-state index in [0.717, 1.165) is 34.2 Å². The molecule has 0 unspecified atom stereocenters. The van der Waals surface area contributed by atoms with E-state index >= 15 is 0 Å². The van der Waals surface area contributed by atoms with Gasteiger partial charge in [0.2, 0.25) is 11.0 Å². The fraction of sp³-hybridized carbons (Fsp3) is 0.353. The molecule has 0 aliphatic carbocycles. The van der Waals surface area contributed by atoms with Crippen LogP contribution in [0.2, 0.25) is 0 Å². The monoisotopic (exact) mass is 407 g/mol. The lowest BCUT2D eigenvalue weighted by molar-refractivity contribution is -0.132. The van der Waals surface area contributed by atoms with Gasteiger partial charge in [0.15, 0.2) is 10.1 Å². The number of benzene rings is 1. The van der Waals surface area contributed by atoms with E-state index in [4.69, 9.17) is 0 Å². The molecule has 10 heteroatoms. The van der Waals surface area contributed by atoms with E-state index in [1.807, 2.05) is 32.0 Å². The smallest absolute Gasteiger partial charge is 0.325 e. The Morgan fingerprint density at radius 3 is 2.41 bits per heavy atom. The summed E-state index contributed by atoms with van der Waals surface area (Å²) in [6.07, 6.45) is 0. The molecule has 0 fully saturated rings. The summed E-state index contributed by atoms with van der Waals surface area (Å²) in [6, 6.07) is 5.17. The second kappa shape index (κ2) is 8.96. The highest BCUT2D eigenvalue weighted by Crippen LogP contribution is 2.30. The van der Waals surface area contributed by atoms with Gasteiger partial charge in [-0.3, -0.25) is 14.9 Å². The van der Waals surface area contributed by atoms with E-state index in [1.165, 1.54) is 11.8 Å². The molecule has 3 amide bonds. The van der Waals surface area contributed by atoms with Crippen LogP contribution in [-0.2, 0) is 9.59 Å². The Kier molecular flexibility index (Phi) is 6.92. The van der Waals surface area contributed by atoms with Gasteiger partial charge >= 0.3 is 6.03 Å². The van der Waals surface area contributed by atoms with E-state index in [-0.39, 0.29) is 16.8 Å². The molecule has 1 aromatic heterocycles. The number of aromatic nitrogens is 2. The van der Waals surface area contributed by atoms with Gasteiger partial charge in [-0.25, -0.2) is 4.79 Å². The molecular weight excluding hydrogens is 386 g/mol. The molecule has 2 rings (SSSR count). The van der Waals surface area contributed by atoms with Crippen molar-refractivity contribution in [2.75, 3.05) is 24.7 Å². The number of hydrogen-bond acceptors (Lipinski definition) is 7. The molecule has 0 spiro atoms.